The molecule has 1 aromatic carbocycles. The van der Waals surface area contributed by atoms with Gasteiger partial charge in [0.05, 0.1) is 32.3 Å². The average Bonchev–Trinajstić information content (AvgIpc) is 2.70. The van der Waals surface area contributed by atoms with Gasteiger partial charge in [-0.05, 0) is 43.9 Å². The number of rotatable bonds is 6. The first kappa shape index (κ1) is 20.0. The number of benzene rings is 1. The molecule has 0 atom stereocenters. The molecule has 3 rings (SSSR count). The fourth-order valence-electron chi connectivity index (χ4n) is 3.10. The van der Waals surface area contributed by atoms with E-state index in [0.717, 1.165) is 25.7 Å². The van der Waals surface area contributed by atoms with Gasteiger partial charge in [0.2, 0.25) is 11.8 Å². The number of urea groups is 1. The number of anilines is 1. The molecular formula is C19H23ClN4O4. The van der Waals surface area contributed by atoms with Gasteiger partial charge >= 0.3 is 6.03 Å². The summed E-state index contributed by atoms with van der Waals surface area (Å²) in [5.74, 6) is 1.42. The Labute approximate surface area is 168 Å². The maximum Gasteiger partial charge on any atom is 0.319 e. The zero-order chi connectivity index (χ0) is 19.9. The minimum atomic E-state index is -0.288. The first-order chi connectivity index (χ1) is 13.6. The molecule has 1 aliphatic rings. The number of amides is 2. The van der Waals surface area contributed by atoms with E-state index >= 15 is 0 Å². The predicted molar refractivity (Wildman–Crippen MR) is 105 cm³/mol. The number of nitrogens with zero attached hydrogens (tertiary/aromatic N) is 2. The molecule has 8 nitrogen and oxygen atoms in total. The standard InChI is InChI=1S/C19H23ClN4O4/c1-26-16-8-3-12(20)9-15(16)23-19(25)22-13-4-6-14(7-5-13)28-18-11-21-10-17(24-18)27-2/h3,8-11,13-14H,4-7H2,1-2H3,(H2,22,23,25). The second-order valence-corrected chi connectivity index (χ2v) is 6.87. The van der Waals surface area contributed by atoms with Gasteiger partial charge in [-0.3, -0.25) is 4.98 Å². The van der Waals surface area contributed by atoms with E-state index in [1.165, 1.54) is 13.3 Å². The number of hydrogen-bond acceptors (Lipinski definition) is 6. The van der Waals surface area contributed by atoms with Crippen molar-refractivity contribution in [1.29, 1.82) is 0 Å². The molecule has 1 fully saturated rings. The summed E-state index contributed by atoms with van der Waals surface area (Å²) in [5, 5.41) is 6.30. The van der Waals surface area contributed by atoms with Crippen LogP contribution in [0.2, 0.25) is 5.02 Å². The second-order valence-electron chi connectivity index (χ2n) is 6.43. The van der Waals surface area contributed by atoms with E-state index < -0.39 is 0 Å². The fourth-order valence-corrected chi connectivity index (χ4v) is 3.28. The lowest BCUT2D eigenvalue weighted by atomic mass is 9.93. The van der Waals surface area contributed by atoms with Crippen molar-refractivity contribution >= 4 is 23.3 Å². The Balaban J connectivity index is 1.47. The molecule has 150 valence electrons. The van der Waals surface area contributed by atoms with Crippen molar-refractivity contribution in [3.8, 4) is 17.5 Å². The minimum Gasteiger partial charge on any atom is -0.495 e. The number of ether oxygens (including phenoxy) is 3. The Kier molecular flexibility index (Phi) is 6.76. The largest absolute Gasteiger partial charge is 0.495 e. The van der Waals surface area contributed by atoms with Crippen LogP contribution in [0.4, 0.5) is 10.5 Å². The highest BCUT2D eigenvalue weighted by molar-refractivity contribution is 6.31. The molecule has 0 unspecified atom stereocenters. The Hall–Kier alpha value is -2.74. The van der Waals surface area contributed by atoms with Crippen LogP contribution < -0.4 is 24.8 Å². The summed E-state index contributed by atoms with van der Waals surface area (Å²) in [5.41, 5.74) is 0.529. The molecule has 9 heteroatoms. The number of nitrogens with one attached hydrogen (secondary N) is 2. The molecular weight excluding hydrogens is 384 g/mol. The van der Waals surface area contributed by atoms with Gasteiger partial charge in [0, 0.05) is 11.1 Å². The zero-order valence-electron chi connectivity index (χ0n) is 15.8. The third-order valence-corrected chi connectivity index (χ3v) is 4.74. The number of methoxy groups -OCH3 is 2. The highest BCUT2D eigenvalue weighted by Crippen LogP contribution is 2.28. The van der Waals surface area contributed by atoms with Crippen LogP contribution in [0.5, 0.6) is 17.5 Å². The molecule has 0 radical (unpaired) electrons. The van der Waals surface area contributed by atoms with Crippen LogP contribution in [0.15, 0.2) is 30.6 Å². The molecule has 0 spiro atoms. The molecule has 0 aliphatic heterocycles. The van der Waals surface area contributed by atoms with E-state index in [1.54, 1.807) is 31.5 Å². The second kappa shape index (κ2) is 9.45. The maximum atomic E-state index is 12.3. The summed E-state index contributed by atoms with van der Waals surface area (Å²) in [4.78, 5) is 20.6. The van der Waals surface area contributed by atoms with Crippen LogP contribution in [-0.4, -0.2) is 42.4 Å². The highest BCUT2D eigenvalue weighted by Gasteiger charge is 2.24. The molecule has 2 amide bonds. The third kappa shape index (κ3) is 5.39. The van der Waals surface area contributed by atoms with E-state index in [1.807, 2.05) is 0 Å². The Morgan fingerprint density at radius 2 is 1.86 bits per heavy atom. The van der Waals surface area contributed by atoms with Crippen molar-refractivity contribution in [2.24, 2.45) is 0 Å². The molecule has 2 aromatic rings. The van der Waals surface area contributed by atoms with Crippen molar-refractivity contribution in [3.63, 3.8) is 0 Å². The Morgan fingerprint density at radius 1 is 1.11 bits per heavy atom. The predicted octanol–water partition coefficient (Wildman–Crippen LogP) is 3.66. The number of carbonyl (C=O) groups excluding carboxylic acids is 1. The molecule has 2 N–H and O–H groups in total. The Bertz CT molecular complexity index is 812. The molecule has 1 aliphatic carbocycles. The van der Waals surface area contributed by atoms with Crippen LogP contribution in [0.3, 0.4) is 0 Å². The summed E-state index contributed by atoms with van der Waals surface area (Å²) in [7, 11) is 3.08. The lowest BCUT2D eigenvalue weighted by Crippen LogP contribution is -2.41. The molecule has 28 heavy (non-hydrogen) atoms. The maximum absolute atomic E-state index is 12.3. The molecule has 1 saturated carbocycles. The zero-order valence-corrected chi connectivity index (χ0v) is 16.5. The topological polar surface area (TPSA) is 94.6 Å². The summed E-state index contributed by atoms with van der Waals surface area (Å²) >= 11 is 5.99. The van der Waals surface area contributed by atoms with E-state index in [4.69, 9.17) is 25.8 Å². The quantitative estimate of drug-likeness (QED) is 0.760. The normalized spacial score (nSPS) is 18.8. The third-order valence-electron chi connectivity index (χ3n) is 4.51. The van der Waals surface area contributed by atoms with Gasteiger partial charge in [0.15, 0.2) is 0 Å². The van der Waals surface area contributed by atoms with Crippen LogP contribution in [0.1, 0.15) is 25.7 Å². The van der Waals surface area contributed by atoms with Crippen LogP contribution in [0, 0.1) is 0 Å². The summed E-state index contributed by atoms with van der Waals surface area (Å²) in [6.45, 7) is 0. The average molecular weight is 407 g/mol. The van der Waals surface area contributed by atoms with Crippen LogP contribution >= 0.6 is 11.6 Å². The van der Waals surface area contributed by atoms with Gasteiger partial charge in [0.25, 0.3) is 0 Å². The van der Waals surface area contributed by atoms with Gasteiger partial charge in [0.1, 0.15) is 11.9 Å². The monoisotopic (exact) mass is 406 g/mol. The summed E-state index contributed by atoms with van der Waals surface area (Å²) in [6, 6.07) is 4.85. The van der Waals surface area contributed by atoms with Crippen molar-refractivity contribution in [2.45, 2.75) is 37.8 Å². The van der Waals surface area contributed by atoms with Crippen LogP contribution in [-0.2, 0) is 0 Å². The van der Waals surface area contributed by atoms with Crippen molar-refractivity contribution in [1.82, 2.24) is 15.3 Å². The van der Waals surface area contributed by atoms with Gasteiger partial charge in [-0.2, -0.15) is 4.98 Å². The van der Waals surface area contributed by atoms with Gasteiger partial charge in [-0.15, -0.1) is 0 Å². The summed E-state index contributed by atoms with van der Waals surface area (Å²) < 4.78 is 16.2. The van der Waals surface area contributed by atoms with Crippen LogP contribution in [0.25, 0.3) is 0 Å². The number of carbonyl (C=O) groups is 1. The van der Waals surface area contributed by atoms with E-state index in [9.17, 15) is 4.79 Å². The summed E-state index contributed by atoms with van der Waals surface area (Å²) in [6.07, 6.45) is 6.37. The van der Waals surface area contributed by atoms with Gasteiger partial charge < -0.3 is 24.8 Å². The van der Waals surface area contributed by atoms with Gasteiger partial charge in [-0.1, -0.05) is 11.6 Å². The molecule has 1 aromatic heterocycles. The van der Waals surface area contributed by atoms with E-state index in [2.05, 4.69) is 20.6 Å². The number of aromatic nitrogens is 2. The molecule has 0 bridgehead atoms. The minimum absolute atomic E-state index is 0.0375. The first-order valence-electron chi connectivity index (χ1n) is 9.01. The fraction of sp³-hybridized carbons (Fsp3) is 0.421. The van der Waals surface area contributed by atoms with E-state index in [-0.39, 0.29) is 18.2 Å². The lowest BCUT2D eigenvalue weighted by Gasteiger charge is -2.29. The number of hydrogen-bond donors (Lipinski definition) is 2. The lowest BCUT2D eigenvalue weighted by molar-refractivity contribution is 0.134. The smallest absolute Gasteiger partial charge is 0.319 e. The van der Waals surface area contributed by atoms with E-state index in [0.29, 0.717) is 28.2 Å². The van der Waals surface area contributed by atoms with Crippen molar-refractivity contribution in [3.05, 3.63) is 35.6 Å². The highest BCUT2D eigenvalue weighted by atomic mass is 35.5. The Morgan fingerprint density at radius 3 is 2.57 bits per heavy atom. The molecule has 0 saturated heterocycles. The SMILES string of the molecule is COc1cncc(OC2CCC(NC(=O)Nc3cc(Cl)ccc3OC)CC2)n1. The first-order valence-corrected chi connectivity index (χ1v) is 9.39. The number of halogens is 1. The van der Waals surface area contributed by atoms with Gasteiger partial charge in [-0.25, -0.2) is 4.79 Å². The molecule has 1 heterocycles. The van der Waals surface area contributed by atoms with Crippen molar-refractivity contribution < 1.29 is 19.0 Å². The van der Waals surface area contributed by atoms with Crippen molar-refractivity contribution in [2.75, 3.05) is 19.5 Å².